The molecule has 4 rings (SSSR count). The van der Waals surface area contributed by atoms with Gasteiger partial charge in [-0.25, -0.2) is 4.39 Å². The number of aromatic amines is 1. The zero-order chi connectivity index (χ0) is 20.4. The topological polar surface area (TPSA) is 86.3 Å². The van der Waals surface area contributed by atoms with Crippen molar-refractivity contribution in [1.29, 1.82) is 0 Å². The number of nitrogens with one attached hydrogen (secondary N) is 1. The third kappa shape index (κ3) is 3.40. The number of amides is 1. The summed E-state index contributed by atoms with van der Waals surface area (Å²) >= 11 is 0. The molecule has 2 N–H and O–H groups in total. The first-order valence-corrected chi connectivity index (χ1v) is 9.39. The highest BCUT2D eigenvalue weighted by atomic mass is 19.1. The third-order valence-corrected chi connectivity index (χ3v) is 5.64. The highest BCUT2D eigenvalue weighted by Crippen LogP contribution is 2.36. The third-order valence-electron chi connectivity index (χ3n) is 5.64. The molecule has 1 amide bonds. The predicted molar refractivity (Wildman–Crippen MR) is 105 cm³/mol. The van der Waals surface area contributed by atoms with Crippen LogP contribution in [0.1, 0.15) is 28.8 Å². The molecule has 3 aromatic rings. The van der Waals surface area contributed by atoms with Crippen LogP contribution >= 0.6 is 0 Å². The fourth-order valence-electron chi connectivity index (χ4n) is 3.93. The molecule has 2 aromatic carbocycles. The second kappa shape index (κ2) is 7.50. The van der Waals surface area contributed by atoms with Gasteiger partial charge < -0.3 is 10.0 Å². The molecule has 0 saturated carbocycles. The molecule has 0 aliphatic carbocycles. The largest absolute Gasteiger partial charge is 0.481 e. The summed E-state index contributed by atoms with van der Waals surface area (Å²) in [6.07, 6.45) is 2.13. The number of likely N-dealkylation sites (tertiary alicyclic amines) is 1. The fourth-order valence-corrected chi connectivity index (χ4v) is 3.93. The summed E-state index contributed by atoms with van der Waals surface area (Å²) < 4.78 is 13.2. The van der Waals surface area contributed by atoms with Gasteiger partial charge >= 0.3 is 5.97 Å². The molecule has 0 unspecified atom stereocenters. The van der Waals surface area contributed by atoms with Crippen molar-refractivity contribution in [1.82, 2.24) is 15.1 Å². The molecular formula is C22H20FN3O3. The van der Waals surface area contributed by atoms with Crippen molar-refractivity contribution in [2.45, 2.75) is 18.3 Å². The Labute approximate surface area is 167 Å². The van der Waals surface area contributed by atoms with E-state index >= 15 is 0 Å². The van der Waals surface area contributed by atoms with Crippen LogP contribution in [0.15, 0.2) is 60.8 Å². The normalized spacial score (nSPS) is 15.8. The molecule has 29 heavy (non-hydrogen) atoms. The smallest absolute Gasteiger partial charge is 0.314 e. The molecule has 1 aliphatic heterocycles. The number of hydrogen-bond donors (Lipinski definition) is 2. The van der Waals surface area contributed by atoms with Crippen molar-refractivity contribution in [3.8, 4) is 11.3 Å². The minimum atomic E-state index is -0.992. The van der Waals surface area contributed by atoms with E-state index < -0.39 is 11.4 Å². The zero-order valence-electron chi connectivity index (χ0n) is 15.6. The van der Waals surface area contributed by atoms with Crippen molar-refractivity contribution < 1.29 is 19.1 Å². The van der Waals surface area contributed by atoms with Gasteiger partial charge in [0.25, 0.3) is 5.91 Å². The Morgan fingerprint density at radius 2 is 1.69 bits per heavy atom. The lowest BCUT2D eigenvalue weighted by atomic mass is 9.72. The van der Waals surface area contributed by atoms with E-state index in [1.165, 1.54) is 18.3 Å². The highest BCUT2D eigenvalue weighted by Gasteiger charge is 2.44. The van der Waals surface area contributed by atoms with Crippen LogP contribution in [0.3, 0.4) is 0 Å². The number of aliphatic carboxylic acids is 1. The predicted octanol–water partition coefficient (Wildman–Crippen LogP) is 3.47. The van der Waals surface area contributed by atoms with Crippen molar-refractivity contribution in [3.05, 3.63) is 77.7 Å². The van der Waals surface area contributed by atoms with Gasteiger partial charge in [-0.1, -0.05) is 30.3 Å². The summed E-state index contributed by atoms with van der Waals surface area (Å²) in [5.41, 5.74) is 1.34. The van der Waals surface area contributed by atoms with Crippen molar-refractivity contribution >= 4 is 11.9 Å². The number of carboxylic acids is 1. The summed E-state index contributed by atoms with van der Waals surface area (Å²) in [6.45, 7) is 0.655. The average molecular weight is 393 g/mol. The molecule has 0 bridgehead atoms. The minimum Gasteiger partial charge on any atom is -0.481 e. The molecule has 2 heterocycles. The molecular weight excluding hydrogens is 373 g/mol. The maximum atomic E-state index is 13.2. The molecule has 0 spiro atoms. The number of piperidine rings is 1. The minimum absolute atomic E-state index is 0.217. The maximum Gasteiger partial charge on any atom is 0.314 e. The number of nitrogens with zero attached hydrogens (tertiary/aromatic N) is 2. The second-order valence-corrected chi connectivity index (χ2v) is 7.21. The van der Waals surface area contributed by atoms with E-state index in [-0.39, 0.29) is 11.7 Å². The molecule has 1 aromatic heterocycles. The van der Waals surface area contributed by atoms with Crippen LogP contribution < -0.4 is 0 Å². The Hall–Kier alpha value is -3.48. The van der Waals surface area contributed by atoms with Gasteiger partial charge in [0.15, 0.2) is 0 Å². The van der Waals surface area contributed by atoms with Crippen LogP contribution in [0.5, 0.6) is 0 Å². The first-order chi connectivity index (χ1) is 14.0. The number of hydrogen-bond acceptors (Lipinski definition) is 3. The Morgan fingerprint density at radius 3 is 2.31 bits per heavy atom. The fraction of sp³-hybridized carbons (Fsp3) is 0.227. The van der Waals surface area contributed by atoms with Crippen molar-refractivity contribution in [2.75, 3.05) is 13.1 Å². The summed E-state index contributed by atoms with van der Waals surface area (Å²) in [7, 11) is 0. The summed E-state index contributed by atoms with van der Waals surface area (Å²) in [4.78, 5) is 26.8. The Balaban J connectivity index is 1.55. The average Bonchev–Trinajstić information content (AvgIpc) is 3.24. The number of halogens is 1. The highest BCUT2D eigenvalue weighted by molar-refractivity contribution is 6.00. The summed E-state index contributed by atoms with van der Waals surface area (Å²) in [5.74, 6) is -1.45. The summed E-state index contributed by atoms with van der Waals surface area (Å²) in [5, 5.41) is 16.7. The Morgan fingerprint density at radius 1 is 1.03 bits per heavy atom. The number of aromatic nitrogens is 2. The van der Waals surface area contributed by atoms with Crippen molar-refractivity contribution in [2.24, 2.45) is 0 Å². The second-order valence-electron chi connectivity index (χ2n) is 7.21. The van der Waals surface area contributed by atoms with Gasteiger partial charge in [0.2, 0.25) is 0 Å². The number of carbonyl (C=O) groups is 2. The number of carbonyl (C=O) groups excluding carboxylic acids is 1. The van der Waals surface area contributed by atoms with E-state index in [0.29, 0.717) is 42.8 Å². The maximum absolute atomic E-state index is 13.2. The van der Waals surface area contributed by atoms with E-state index in [1.807, 2.05) is 30.3 Å². The van der Waals surface area contributed by atoms with E-state index in [9.17, 15) is 19.1 Å². The van der Waals surface area contributed by atoms with Gasteiger partial charge in [-0.15, -0.1) is 0 Å². The Kier molecular flexibility index (Phi) is 4.88. The van der Waals surface area contributed by atoms with Crippen LogP contribution in [0.4, 0.5) is 4.39 Å². The first kappa shape index (κ1) is 18.9. The first-order valence-electron chi connectivity index (χ1n) is 9.39. The lowest BCUT2D eigenvalue weighted by Gasteiger charge is -2.39. The van der Waals surface area contributed by atoms with Gasteiger partial charge in [-0.2, -0.15) is 5.10 Å². The van der Waals surface area contributed by atoms with Gasteiger partial charge in [-0.05, 0) is 42.7 Å². The molecule has 1 aliphatic rings. The van der Waals surface area contributed by atoms with Crippen LogP contribution in [0.2, 0.25) is 0 Å². The number of H-pyrrole nitrogens is 1. The molecule has 7 heteroatoms. The lowest BCUT2D eigenvalue weighted by Crippen LogP contribution is -2.49. The number of carboxylic acid groups (broad SMARTS) is 1. The number of rotatable bonds is 4. The molecule has 0 radical (unpaired) electrons. The standard InChI is InChI=1S/C22H20FN3O3/c23-17-8-6-15(7-9-17)19-18(14-24-25-19)20(27)26-12-10-22(11-13-26,21(28)29)16-4-2-1-3-5-16/h1-9,14H,10-13H2,(H,24,25)(H,28,29). The van der Waals surface area contributed by atoms with E-state index in [0.717, 1.165) is 5.56 Å². The van der Waals surface area contributed by atoms with E-state index in [2.05, 4.69) is 10.2 Å². The molecule has 6 nitrogen and oxygen atoms in total. The van der Waals surface area contributed by atoms with Gasteiger partial charge in [0, 0.05) is 18.7 Å². The van der Waals surface area contributed by atoms with Crippen LogP contribution in [0, 0.1) is 5.82 Å². The van der Waals surface area contributed by atoms with E-state index in [4.69, 9.17) is 0 Å². The van der Waals surface area contributed by atoms with Crippen LogP contribution in [0.25, 0.3) is 11.3 Å². The monoisotopic (exact) mass is 393 g/mol. The molecule has 148 valence electrons. The van der Waals surface area contributed by atoms with E-state index in [1.54, 1.807) is 17.0 Å². The number of benzene rings is 2. The lowest BCUT2D eigenvalue weighted by molar-refractivity contribution is -0.145. The SMILES string of the molecule is O=C(c1cn[nH]c1-c1ccc(F)cc1)N1CCC(C(=O)O)(c2ccccc2)CC1. The quantitative estimate of drug-likeness (QED) is 0.711. The molecule has 1 fully saturated rings. The van der Waals surface area contributed by atoms with Crippen LogP contribution in [-0.4, -0.2) is 45.2 Å². The molecule has 1 saturated heterocycles. The molecule has 0 atom stereocenters. The zero-order valence-corrected chi connectivity index (χ0v) is 15.6. The van der Waals surface area contributed by atoms with Gasteiger partial charge in [0.1, 0.15) is 5.82 Å². The van der Waals surface area contributed by atoms with Crippen molar-refractivity contribution in [3.63, 3.8) is 0 Å². The summed E-state index contributed by atoms with van der Waals surface area (Å²) in [6, 6.07) is 15.0. The van der Waals surface area contributed by atoms with Gasteiger partial charge in [0.05, 0.1) is 22.9 Å². The van der Waals surface area contributed by atoms with Crippen LogP contribution in [-0.2, 0) is 10.2 Å². The Bertz CT molecular complexity index is 1020. The van der Waals surface area contributed by atoms with Gasteiger partial charge in [-0.3, -0.25) is 14.7 Å².